The SMILES string of the molecule is Cc1ccccc1-c1nnc(COc2cccc(N(C)C)c2)o1. The zero-order valence-electron chi connectivity index (χ0n) is 13.5. The number of hydrogen-bond donors (Lipinski definition) is 0. The van der Waals surface area contributed by atoms with E-state index in [2.05, 4.69) is 10.2 Å². The van der Waals surface area contributed by atoms with Crippen molar-refractivity contribution >= 4 is 5.69 Å². The maximum atomic E-state index is 5.74. The predicted molar refractivity (Wildman–Crippen MR) is 89.6 cm³/mol. The molecule has 0 bridgehead atoms. The summed E-state index contributed by atoms with van der Waals surface area (Å²) in [7, 11) is 3.98. The third-order valence-corrected chi connectivity index (χ3v) is 3.54. The Bertz CT molecular complexity index is 796. The summed E-state index contributed by atoms with van der Waals surface area (Å²) >= 11 is 0. The lowest BCUT2D eigenvalue weighted by molar-refractivity contribution is 0.264. The first-order valence-electron chi connectivity index (χ1n) is 7.42. The molecule has 0 aliphatic carbocycles. The van der Waals surface area contributed by atoms with Crippen molar-refractivity contribution in [2.75, 3.05) is 19.0 Å². The molecule has 0 aliphatic rings. The van der Waals surface area contributed by atoms with E-state index in [0.29, 0.717) is 11.8 Å². The Hall–Kier alpha value is -2.82. The van der Waals surface area contributed by atoms with Crippen LogP contribution in [0.15, 0.2) is 52.9 Å². The average molecular weight is 309 g/mol. The van der Waals surface area contributed by atoms with Crippen molar-refractivity contribution in [1.82, 2.24) is 10.2 Å². The van der Waals surface area contributed by atoms with Gasteiger partial charge < -0.3 is 14.1 Å². The van der Waals surface area contributed by atoms with E-state index in [1.54, 1.807) is 0 Å². The van der Waals surface area contributed by atoms with Gasteiger partial charge in [-0.25, -0.2) is 0 Å². The topological polar surface area (TPSA) is 51.4 Å². The van der Waals surface area contributed by atoms with Crippen LogP contribution in [0.1, 0.15) is 11.5 Å². The highest BCUT2D eigenvalue weighted by Crippen LogP contribution is 2.23. The van der Waals surface area contributed by atoms with Gasteiger partial charge >= 0.3 is 0 Å². The minimum Gasteiger partial charge on any atom is -0.484 e. The van der Waals surface area contributed by atoms with Gasteiger partial charge in [0.25, 0.3) is 5.89 Å². The van der Waals surface area contributed by atoms with E-state index in [9.17, 15) is 0 Å². The molecule has 23 heavy (non-hydrogen) atoms. The molecule has 0 radical (unpaired) electrons. The number of hydrogen-bond acceptors (Lipinski definition) is 5. The molecule has 0 spiro atoms. The molecular weight excluding hydrogens is 290 g/mol. The molecule has 3 aromatic rings. The summed E-state index contributed by atoms with van der Waals surface area (Å²) in [6.45, 7) is 2.26. The second-order valence-electron chi connectivity index (χ2n) is 5.50. The number of benzene rings is 2. The first-order valence-corrected chi connectivity index (χ1v) is 7.42. The lowest BCUT2D eigenvalue weighted by atomic mass is 10.1. The van der Waals surface area contributed by atoms with Gasteiger partial charge in [0.2, 0.25) is 5.89 Å². The highest BCUT2D eigenvalue weighted by Gasteiger charge is 2.11. The molecule has 0 saturated carbocycles. The number of ether oxygens (including phenoxy) is 1. The van der Waals surface area contributed by atoms with Crippen LogP contribution in [0, 0.1) is 6.92 Å². The number of aromatic nitrogens is 2. The molecule has 1 heterocycles. The Balaban J connectivity index is 1.70. The van der Waals surface area contributed by atoms with Gasteiger partial charge in [-0.1, -0.05) is 24.3 Å². The molecule has 5 nitrogen and oxygen atoms in total. The summed E-state index contributed by atoms with van der Waals surface area (Å²) in [6, 6.07) is 15.8. The van der Waals surface area contributed by atoms with Crippen LogP contribution < -0.4 is 9.64 Å². The van der Waals surface area contributed by atoms with Crippen LogP contribution in [-0.2, 0) is 6.61 Å². The summed E-state index contributed by atoms with van der Waals surface area (Å²) in [4.78, 5) is 2.02. The summed E-state index contributed by atoms with van der Waals surface area (Å²) in [5.74, 6) is 1.74. The minimum absolute atomic E-state index is 0.246. The fraction of sp³-hybridized carbons (Fsp3) is 0.222. The van der Waals surface area contributed by atoms with Crippen LogP contribution in [0.5, 0.6) is 5.75 Å². The lowest BCUT2D eigenvalue weighted by Gasteiger charge is -2.13. The van der Waals surface area contributed by atoms with E-state index in [-0.39, 0.29) is 6.61 Å². The Morgan fingerprint density at radius 1 is 1.04 bits per heavy atom. The first-order chi connectivity index (χ1) is 11.1. The van der Waals surface area contributed by atoms with Gasteiger partial charge in [-0.2, -0.15) is 0 Å². The maximum absolute atomic E-state index is 5.74. The van der Waals surface area contributed by atoms with Crippen LogP contribution in [0.3, 0.4) is 0 Å². The van der Waals surface area contributed by atoms with E-state index in [0.717, 1.165) is 22.6 Å². The summed E-state index contributed by atoms with van der Waals surface area (Å²) in [5, 5.41) is 8.15. The quantitative estimate of drug-likeness (QED) is 0.719. The smallest absolute Gasteiger partial charge is 0.254 e. The van der Waals surface area contributed by atoms with Crippen molar-refractivity contribution in [3.05, 3.63) is 60.0 Å². The molecule has 118 valence electrons. The molecule has 0 N–H and O–H groups in total. The van der Waals surface area contributed by atoms with Crippen LogP contribution in [-0.4, -0.2) is 24.3 Å². The molecule has 0 unspecified atom stereocenters. The van der Waals surface area contributed by atoms with Crippen molar-refractivity contribution in [3.63, 3.8) is 0 Å². The van der Waals surface area contributed by atoms with Gasteiger partial charge in [0, 0.05) is 31.4 Å². The van der Waals surface area contributed by atoms with Crippen molar-refractivity contribution < 1.29 is 9.15 Å². The third kappa shape index (κ3) is 3.51. The highest BCUT2D eigenvalue weighted by molar-refractivity contribution is 5.57. The van der Waals surface area contributed by atoms with E-state index in [1.165, 1.54) is 0 Å². The van der Waals surface area contributed by atoms with Crippen molar-refractivity contribution in [2.45, 2.75) is 13.5 Å². The molecule has 0 amide bonds. The second-order valence-corrected chi connectivity index (χ2v) is 5.50. The number of aryl methyl sites for hydroxylation is 1. The standard InChI is InChI=1S/C18H19N3O2/c1-13-7-4-5-10-16(13)18-20-19-17(23-18)12-22-15-9-6-8-14(11-15)21(2)3/h4-11H,12H2,1-3H3. The molecular formula is C18H19N3O2. The highest BCUT2D eigenvalue weighted by atomic mass is 16.5. The van der Waals surface area contributed by atoms with Gasteiger partial charge in [0.15, 0.2) is 6.61 Å². The van der Waals surface area contributed by atoms with E-state index < -0.39 is 0 Å². The number of rotatable bonds is 5. The maximum Gasteiger partial charge on any atom is 0.254 e. The lowest BCUT2D eigenvalue weighted by Crippen LogP contribution is -2.08. The molecule has 0 aliphatic heterocycles. The second kappa shape index (κ2) is 6.52. The van der Waals surface area contributed by atoms with Gasteiger partial charge in [0.1, 0.15) is 5.75 Å². The van der Waals surface area contributed by atoms with Crippen molar-refractivity contribution in [3.8, 4) is 17.2 Å². The Labute approximate surface area is 135 Å². The van der Waals surface area contributed by atoms with Crippen LogP contribution >= 0.6 is 0 Å². The fourth-order valence-electron chi connectivity index (χ4n) is 2.23. The molecule has 3 rings (SSSR count). The van der Waals surface area contributed by atoms with E-state index in [1.807, 2.05) is 74.4 Å². The van der Waals surface area contributed by atoms with Crippen LogP contribution in [0.25, 0.3) is 11.5 Å². The van der Waals surface area contributed by atoms with Crippen molar-refractivity contribution in [2.24, 2.45) is 0 Å². The Morgan fingerprint density at radius 2 is 1.87 bits per heavy atom. The molecule has 0 fully saturated rings. The van der Waals surface area contributed by atoms with Crippen molar-refractivity contribution in [1.29, 1.82) is 0 Å². The number of nitrogens with zero attached hydrogens (tertiary/aromatic N) is 3. The number of anilines is 1. The first kappa shape index (κ1) is 15.1. The van der Waals surface area contributed by atoms with E-state index in [4.69, 9.17) is 9.15 Å². The van der Waals surface area contributed by atoms with Gasteiger partial charge in [0.05, 0.1) is 0 Å². The minimum atomic E-state index is 0.246. The predicted octanol–water partition coefficient (Wildman–Crippen LogP) is 3.69. The molecule has 5 heteroatoms. The Morgan fingerprint density at radius 3 is 2.65 bits per heavy atom. The normalized spacial score (nSPS) is 10.6. The van der Waals surface area contributed by atoms with Gasteiger partial charge in [-0.05, 0) is 30.7 Å². The summed E-state index contributed by atoms with van der Waals surface area (Å²) in [5.41, 5.74) is 3.12. The molecule has 1 aromatic heterocycles. The average Bonchev–Trinajstić information content (AvgIpc) is 3.02. The fourth-order valence-corrected chi connectivity index (χ4v) is 2.23. The zero-order valence-corrected chi connectivity index (χ0v) is 13.5. The van der Waals surface area contributed by atoms with Crippen LogP contribution in [0.4, 0.5) is 5.69 Å². The largest absolute Gasteiger partial charge is 0.484 e. The molecule has 0 saturated heterocycles. The summed E-state index contributed by atoms with van der Waals surface area (Å²) < 4.78 is 11.4. The Kier molecular flexibility index (Phi) is 4.28. The molecule has 2 aromatic carbocycles. The van der Waals surface area contributed by atoms with Gasteiger partial charge in [-0.15, -0.1) is 10.2 Å². The monoisotopic (exact) mass is 309 g/mol. The third-order valence-electron chi connectivity index (χ3n) is 3.54. The van der Waals surface area contributed by atoms with E-state index >= 15 is 0 Å². The van der Waals surface area contributed by atoms with Gasteiger partial charge in [-0.3, -0.25) is 0 Å². The van der Waals surface area contributed by atoms with Crippen LogP contribution in [0.2, 0.25) is 0 Å². The molecule has 0 atom stereocenters. The zero-order chi connectivity index (χ0) is 16.2. The summed E-state index contributed by atoms with van der Waals surface area (Å²) in [6.07, 6.45) is 0.